The van der Waals surface area contributed by atoms with Gasteiger partial charge in [-0.15, -0.1) is 11.3 Å². The Morgan fingerprint density at radius 2 is 2.04 bits per heavy atom. The Morgan fingerprint density at radius 3 is 2.76 bits per heavy atom. The molecule has 0 saturated carbocycles. The molecule has 3 unspecified atom stereocenters. The molecule has 0 spiro atoms. The van der Waals surface area contributed by atoms with E-state index in [9.17, 15) is 27.2 Å². The van der Waals surface area contributed by atoms with Crippen LogP contribution in [0.25, 0.3) is 32.1 Å². The fourth-order valence-corrected chi connectivity index (χ4v) is 8.15. The van der Waals surface area contributed by atoms with Crippen molar-refractivity contribution < 1.29 is 31.1 Å². The molecule has 5 aromatic rings. The van der Waals surface area contributed by atoms with Crippen molar-refractivity contribution in [3.8, 4) is 23.2 Å². The maximum absolute atomic E-state index is 17.0. The van der Waals surface area contributed by atoms with Gasteiger partial charge in [-0.25, -0.2) is 13.2 Å². The van der Waals surface area contributed by atoms with Crippen molar-refractivity contribution in [1.29, 1.82) is 5.26 Å². The zero-order chi connectivity index (χ0) is 34.8. The quantitative estimate of drug-likeness (QED) is 0.172. The van der Waals surface area contributed by atoms with Gasteiger partial charge in [0.15, 0.2) is 5.82 Å². The normalized spacial score (nSPS) is 20.1. The number of pyridine rings is 1. The molecule has 254 valence electrons. The van der Waals surface area contributed by atoms with Crippen LogP contribution in [-0.2, 0) is 6.18 Å². The monoisotopic (exact) mass is 697 g/mol. The lowest BCUT2D eigenvalue weighted by Crippen LogP contribution is -2.43. The van der Waals surface area contributed by atoms with Gasteiger partial charge in [-0.2, -0.15) is 28.4 Å². The highest BCUT2D eigenvalue weighted by Crippen LogP contribution is 2.48. The van der Waals surface area contributed by atoms with E-state index in [0.717, 1.165) is 24.6 Å². The van der Waals surface area contributed by atoms with Gasteiger partial charge in [0, 0.05) is 48.7 Å². The molecule has 3 atom stereocenters. The van der Waals surface area contributed by atoms with Crippen LogP contribution in [0.4, 0.5) is 37.2 Å². The second kappa shape index (κ2) is 12.0. The first-order valence-electron chi connectivity index (χ1n) is 15.5. The number of nitrogens with zero attached hydrogens (tertiary/aromatic N) is 6. The molecule has 2 aromatic carbocycles. The number of ether oxygens (including phenoxy) is 1. The van der Waals surface area contributed by atoms with Crippen LogP contribution in [0.5, 0.6) is 6.01 Å². The Kier molecular flexibility index (Phi) is 8.06. The van der Waals surface area contributed by atoms with Crippen LogP contribution in [0.15, 0.2) is 42.7 Å². The van der Waals surface area contributed by atoms with Gasteiger partial charge in [0.1, 0.15) is 41.0 Å². The number of hydrogen-bond donors (Lipinski definition) is 1. The second-order valence-corrected chi connectivity index (χ2v) is 13.6. The van der Waals surface area contributed by atoms with E-state index < -0.39 is 52.2 Å². The molecule has 0 bridgehead atoms. The number of halogens is 6. The van der Waals surface area contributed by atoms with Gasteiger partial charge in [0.2, 0.25) is 0 Å². The Morgan fingerprint density at radius 1 is 1.24 bits per heavy atom. The molecule has 2 aliphatic heterocycles. The third kappa shape index (κ3) is 5.47. The Labute approximate surface area is 280 Å². The van der Waals surface area contributed by atoms with Gasteiger partial charge >= 0.3 is 12.2 Å². The molecule has 49 heavy (non-hydrogen) atoms. The van der Waals surface area contributed by atoms with Crippen molar-refractivity contribution in [3.63, 3.8) is 0 Å². The molecular formula is C34H29F6N7OS. The molecular weight excluding hydrogens is 668 g/mol. The van der Waals surface area contributed by atoms with Gasteiger partial charge in [0.25, 0.3) is 0 Å². The highest BCUT2D eigenvalue weighted by Gasteiger charge is 2.49. The van der Waals surface area contributed by atoms with E-state index >= 15 is 4.39 Å². The number of nitriles is 1. The van der Waals surface area contributed by atoms with Crippen LogP contribution in [0.3, 0.4) is 0 Å². The zero-order valence-electron chi connectivity index (χ0n) is 26.3. The Bertz CT molecular complexity index is 2140. The van der Waals surface area contributed by atoms with Gasteiger partial charge in [-0.3, -0.25) is 9.88 Å². The SMILES string of the molecule is CC(c1cccnc1)N(C)c1nc(OCC23CCCN2CC(F)C3)nc2c(F)c(-c3ccc(F)c4sc(N)c(C#N)c34)c(C(F)(F)F)cc12. The Hall–Kier alpha value is -4.68. The summed E-state index contributed by atoms with van der Waals surface area (Å²) in [6, 6.07) is 7.20. The smallest absolute Gasteiger partial charge is 0.417 e. The molecule has 0 amide bonds. The van der Waals surface area contributed by atoms with Crippen molar-refractivity contribution in [2.24, 2.45) is 0 Å². The summed E-state index contributed by atoms with van der Waals surface area (Å²) in [5.41, 5.74) is 2.64. The first-order chi connectivity index (χ1) is 23.3. The molecule has 5 heterocycles. The van der Waals surface area contributed by atoms with E-state index in [-0.39, 0.29) is 63.0 Å². The van der Waals surface area contributed by atoms with Crippen molar-refractivity contribution >= 4 is 43.1 Å². The lowest BCUT2D eigenvalue weighted by molar-refractivity contribution is -0.137. The highest BCUT2D eigenvalue weighted by atomic mass is 32.1. The number of fused-ring (bicyclic) bond motifs is 3. The van der Waals surface area contributed by atoms with E-state index in [2.05, 4.69) is 15.0 Å². The Balaban J connectivity index is 1.47. The van der Waals surface area contributed by atoms with Crippen molar-refractivity contribution in [2.45, 2.75) is 50.1 Å². The first-order valence-corrected chi connectivity index (χ1v) is 16.3. The average molecular weight is 698 g/mol. The van der Waals surface area contributed by atoms with E-state index in [4.69, 9.17) is 10.5 Å². The maximum Gasteiger partial charge on any atom is 0.417 e. The summed E-state index contributed by atoms with van der Waals surface area (Å²) in [5, 5.41) is 9.21. The molecule has 3 aromatic heterocycles. The standard InChI is InChI=1S/C34H29F6N7OS/c1-17(18-5-3-9-43-14-18)46(2)31-21-11-23(34(38,39)40)26(20-6-7-24(36)29-25(20)22(13-41)30(42)49-29)27(37)28(21)44-32(45-31)48-16-33-8-4-10-47(33)15-19(35)12-33/h3,5-7,9,11,14,17,19H,4,8,10,12,15-16,42H2,1-2H3. The van der Waals surface area contributed by atoms with Gasteiger partial charge < -0.3 is 15.4 Å². The largest absolute Gasteiger partial charge is 0.461 e. The van der Waals surface area contributed by atoms with Crippen LogP contribution in [0.2, 0.25) is 0 Å². The van der Waals surface area contributed by atoms with Crippen molar-refractivity contribution in [2.75, 3.05) is 37.4 Å². The third-order valence-electron chi connectivity index (χ3n) is 9.71. The number of hydrogen-bond acceptors (Lipinski definition) is 9. The minimum atomic E-state index is -5.10. The summed E-state index contributed by atoms with van der Waals surface area (Å²) >= 11 is 0.686. The molecule has 2 saturated heterocycles. The topological polar surface area (TPSA) is 104 Å². The number of aromatic nitrogens is 3. The van der Waals surface area contributed by atoms with E-state index in [1.54, 1.807) is 43.4 Å². The minimum Gasteiger partial charge on any atom is -0.461 e. The summed E-state index contributed by atoms with van der Waals surface area (Å²) in [7, 11) is 1.60. The number of rotatable bonds is 7. The first kappa shape index (κ1) is 32.8. The second-order valence-electron chi connectivity index (χ2n) is 12.5. The highest BCUT2D eigenvalue weighted by molar-refractivity contribution is 7.23. The number of nitrogens with two attached hydrogens (primary N) is 1. The van der Waals surface area contributed by atoms with E-state index in [1.165, 1.54) is 0 Å². The molecule has 7 rings (SSSR count). The summed E-state index contributed by atoms with van der Waals surface area (Å²) in [4.78, 5) is 16.6. The van der Waals surface area contributed by atoms with Gasteiger partial charge in [-0.1, -0.05) is 12.1 Å². The zero-order valence-corrected chi connectivity index (χ0v) is 27.1. The van der Waals surface area contributed by atoms with Crippen LogP contribution in [-0.4, -0.2) is 58.3 Å². The van der Waals surface area contributed by atoms with E-state index in [1.807, 2.05) is 11.0 Å². The lowest BCUT2D eigenvalue weighted by Gasteiger charge is -2.31. The van der Waals surface area contributed by atoms with Crippen LogP contribution in [0, 0.1) is 23.0 Å². The fraction of sp³-hybridized carbons (Fsp3) is 0.353. The fourth-order valence-electron chi connectivity index (χ4n) is 7.20. The molecule has 8 nitrogen and oxygen atoms in total. The number of benzene rings is 2. The van der Waals surface area contributed by atoms with Crippen molar-refractivity contribution in [3.05, 3.63) is 71.1 Å². The predicted molar refractivity (Wildman–Crippen MR) is 174 cm³/mol. The number of nitrogen functional groups attached to an aromatic ring is 1. The van der Waals surface area contributed by atoms with Crippen LogP contribution < -0.4 is 15.4 Å². The molecule has 2 fully saturated rings. The van der Waals surface area contributed by atoms with Crippen LogP contribution in [0.1, 0.15) is 48.9 Å². The molecule has 0 radical (unpaired) electrons. The summed E-state index contributed by atoms with van der Waals surface area (Å²) in [6.45, 7) is 2.74. The third-order valence-corrected chi connectivity index (χ3v) is 10.7. The maximum atomic E-state index is 17.0. The van der Waals surface area contributed by atoms with Gasteiger partial charge in [-0.05, 0) is 55.6 Å². The van der Waals surface area contributed by atoms with E-state index in [0.29, 0.717) is 29.9 Å². The molecule has 0 aliphatic carbocycles. The average Bonchev–Trinajstić information content (AvgIpc) is 3.72. The summed E-state index contributed by atoms with van der Waals surface area (Å²) in [5.74, 6) is -2.24. The molecule has 2 N–H and O–H groups in total. The minimum absolute atomic E-state index is 0.00630. The number of anilines is 2. The summed E-state index contributed by atoms with van der Waals surface area (Å²) in [6.07, 6.45) is -1.21. The molecule has 2 aliphatic rings. The molecule has 15 heteroatoms. The predicted octanol–water partition coefficient (Wildman–Crippen LogP) is 7.81. The summed E-state index contributed by atoms with van der Waals surface area (Å²) < 4.78 is 97.2. The van der Waals surface area contributed by atoms with Gasteiger partial charge in [0.05, 0.1) is 27.4 Å². The lowest BCUT2D eigenvalue weighted by atomic mass is 9.92. The number of alkyl halides is 4. The van der Waals surface area contributed by atoms with Crippen molar-refractivity contribution in [1.82, 2.24) is 19.9 Å². The number of thiophene rings is 1. The van der Waals surface area contributed by atoms with Crippen LogP contribution >= 0.6 is 11.3 Å².